The van der Waals surface area contributed by atoms with E-state index in [1.54, 1.807) is 17.0 Å². The zero-order valence-corrected chi connectivity index (χ0v) is 16.0. The maximum atomic E-state index is 13.6. The largest absolute Gasteiger partial charge is 0.353 e. The average Bonchev–Trinajstić information content (AvgIpc) is 2.73. The van der Waals surface area contributed by atoms with Crippen LogP contribution in [0.5, 0.6) is 0 Å². The molecule has 3 aromatic rings. The topological polar surface area (TPSA) is 49.3 Å². The van der Waals surface area contributed by atoms with E-state index in [2.05, 4.69) is 14.9 Å². The van der Waals surface area contributed by atoms with Crippen molar-refractivity contribution in [3.05, 3.63) is 77.5 Å². The molecule has 7 heteroatoms. The fourth-order valence-electron chi connectivity index (χ4n) is 3.38. The van der Waals surface area contributed by atoms with E-state index in [9.17, 15) is 13.6 Å². The first-order chi connectivity index (χ1) is 14.0. The lowest BCUT2D eigenvalue weighted by Crippen LogP contribution is -2.49. The van der Waals surface area contributed by atoms with Crippen molar-refractivity contribution in [2.45, 2.75) is 6.92 Å². The molecule has 1 fully saturated rings. The Morgan fingerprint density at radius 1 is 0.897 bits per heavy atom. The summed E-state index contributed by atoms with van der Waals surface area (Å²) < 4.78 is 26.6. The van der Waals surface area contributed by atoms with Crippen LogP contribution in [0.4, 0.5) is 14.6 Å². The first kappa shape index (κ1) is 19.0. The number of benzene rings is 2. The van der Waals surface area contributed by atoms with Gasteiger partial charge in [0.25, 0.3) is 5.91 Å². The first-order valence-corrected chi connectivity index (χ1v) is 9.41. The fourth-order valence-corrected chi connectivity index (χ4v) is 3.38. The Hall–Kier alpha value is -3.35. The highest BCUT2D eigenvalue weighted by Crippen LogP contribution is 2.22. The lowest BCUT2D eigenvalue weighted by Gasteiger charge is -2.35. The van der Waals surface area contributed by atoms with Crippen molar-refractivity contribution >= 4 is 11.7 Å². The average molecular weight is 394 g/mol. The van der Waals surface area contributed by atoms with Gasteiger partial charge in [-0.15, -0.1) is 0 Å². The number of nitrogens with zero attached hydrogens (tertiary/aromatic N) is 4. The molecule has 2 heterocycles. The van der Waals surface area contributed by atoms with Gasteiger partial charge < -0.3 is 9.80 Å². The Labute approximate surface area is 167 Å². The lowest BCUT2D eigenvalue weighted by molar-refractivity contribution is 0.0746. The monoisotopic (exact) mass is 394 g/mol. The summed E-state index contributed by atoms with van der Waals surface area (Å²) in [4.78, 5) is 25.5. The first-order valence-electron chi connectivity index (χ1n) is 9.41. The van der Waals surface area contributed by atoms with Gasteiger partial charge in [0.15, 0.2) is 5.82 Å². The molecule has 1 saturated heterocycles. The van der Waals surface area contributed by atoms with Crippen LogP contribution in [0.1, 0.15) is 16.1 Å². The molecule has 148 valence electrons. The van der Waals surface area contributed by atoms with Crippen LogP contribution in [0, 0.1) is 18.6 Å². The molecular formula is C22H20F2N4O. The van der Waals surface area contributed by atoms with Gasteiger partial charge in [0, 0.05) is 49.1 Å². The molecule has 0 atom stereocenters. The zero-order chi connectivity index (χ0) is 20.4. The highest BCUT2D eigenvalue weighted by molar-refractivity contribution is 5.94. The minimum Gasteiger partial charge on any atom is -0.353 e. The highest BCUT2D eigenvalue weighted by atomic mass is 19.1. The van der Waals surface area contributed by atoms with Gasteiger partial charge in [-0.2, -0.15) is 0 Å². The van der Waals surface area contributed by atoms with Crippen molar-refractivity contribution in [1.29, 1.82) is 0 Å². The normalized spacial score (nSPS) is 14.2. The van der Waals surface area contributed by atoms with E-state index < -0.39 is 0 Å². The van der Waals surface area contributed by atoms with Crippen LogP contribution in [-0.4, -0.2) is 47.0 Å². The van der Waals surface area contributed by atoms with E-state index in [-0.39, 0.29) is 17.5 Å². The Morgan fingerprint density at radius 2 is 1.62 bits per heavy atom. The standard InChI is InChI=1S/C22H20F2N4O/c1-15-13-20(26-21(25-15)17-3-2-4-19(24)14-17)27-9-11-28(12-10-27)22(29)16-5-7-18(23)8-6-16/h2-8,13-14H,9-12H2,1H3. The van der Waals surface area contributed by atoms with Gasteiger partial charge in [-0.25, -0.2) is 18.7 Å². The number of aryl methyl sites for hydroxylation is 1. The predicted octanol–water partition coefficient (Wildman–Crippen LogP) is 3.69. The molecule has 0 aliphatic carbocycles. The van der Waals surface area contributed by atoms with E-state index in [1.807, 2.05) is 13.0 Å². The quantitative estimate of drug-likeness (QED) is 0.680. The molecule has 0 bridgehead atoms. The van der Waals surface area contributed by atoms with E-state index in [0.717, 1.165) is 11.5 Å². The van der Waals surface area contributed by atoms with Crippen LogP contribution in [0.15, 0.2) is 54.6 Å². The van der Waals surface area contributed by atoms with E-state index in [1.165, 1.54) is 36.4 Å². The molecule has 2 aromatic carbocycles. The van der Waals surface area contributed by atoms with Crippen molar-refractivity contribution in [1.82, 2.24) is 14.9 Å². The number of piperazine rings is 1. The molecule has 1 aromatic heterocycles. The molecule has 29 heavy (non-hydrogen) atoms. The molecule has 1 amide bonds. The van der Waals surface area contributed by atoms with Crippen molar-refractivity contribution in [3.63, 3.8) is 0 Å². The summed E-state index contributed by atoms with van der Waals surface area (Å²) in [6.45, 7) is 4.18. The van der Waals surface area contributed by atoms with Crippen molar-refractivity contribution in [3.8, 4) is 11.4 Å². The number of halogens is 2. The summed E-state index contributed by atoms with van der Waals surface area (Å²) in [6, 6.07) is 13.7. The Bertz CT molecular complexity index is 1030. The van der Waals surface area contributed by atoms with Gasteiger partial charge in [0.2, 0.25) is 0 Å². The molecule has 0 radical (unpaired) electrons. The Morgan fingerprint density at radius 3 is 2.31 bits per heavy atom. The van der Waals surface area contributed by atoms with Crippen LogP contribution in [0.3, 0.4) is 0 Å². The smallest absolute Gasteiger partial charge is 0.253 e. The molecule has 4 rings (SSSR count). The predicted molar refractivity (Wildman–Crippen MR) is 107 cm³/mol. The summed E-state index contributed by atoms with van der Waals surface area (Å²) in [6.07, 6.45) is 0. The number of aromatic nitrogens is 2. The summed E-state index contributed by atoms with van der Waals surface area (Å²) in [5.41, 5.74) is 1.89. The molecule has 1 aliphatic heterocycles. The van der Waals surface area contributed by atoms with Gasteiger partial charge in [0.1, 0.15) is 17.5 Å². The van der Waals surface area contributed by atoms with E-state index >= 15 is 0 Å². The summed E-state index contributed by atoms with van der Waals surface area (Å²) in [5, 5.41) is 0. The minimum atomic E-state index is -0.361. The number of amides is 1. The molecule has 0 spiro atoms. The fraction of sp³-hybridized carbons (Fsp3) is 0.227. The second-order valence-electron chi connectivity index (χ2n) is 6.99. The third-order valence-electron chi connectivity index (χ3n) is 4.91. The van der Waals surface area contributed by atoms with Crippen LogP contribution in [0.2, 0.25) is 0 Å². The van der Waals surface area contributed by atoms with Crippen molar-refractivity contribution < 1.29 is 13.6 Å². The minimum absolute atomic E-state index is 0.107. The van der Waals surface area contributed by atoms with Gasteiger partial charge in [-0.05, 0) is 43.3 Å². The van der Waals surface area contributed by atoms with Gasteiger partial charge >= 0.3 is 0 Å². The van der Waals surface area contributed by atoms with Crippen molar-refractivity contribution in [2.75, 3.05) is 31.1 Å². The number of carbonyl (C=O) groups excluding carboxylic acids is 1. The molecule has 0 N–H and O–H groups in total. The number of hydrogen-bond acceptors (Lipinski definition) is 4. The number of carbonyl (C=O) groups is 1. The van der Waals surface area contributed by atoms with Crippen LogP contribution >= 0.6 is 0 Å². The Balaban J connectivity index is 1.48. The highest BCUT2D eigenvalue weighted by Gasteiger charge is 2.23. The summed E-state index contributed by atoms with van der Waals surface area (Å²) >= 11 is 0. The zero-order valence-electron chi connectivity index (χ0n) is 16.0. The van der Waals surface area contributed by atoms with Crippen LogP contribution in [-0.2, 0) is 0 Å². The third kappa shape index (κ3) is 4.23. The maximum Gasteiger partial charge on any atom is 0.253 e. The van der Waals surface area contributed by atoms with Crippen LogP contribution < -0.4 is 4.90 Å². The van der Waals surface area contributed by atoms with Gasteiger partial charge in [0.05, 0.1) is 0 Å². The molecular weight excluding hydrogens is 374 g/mol. The van der Waals surface area contributed by atoms with E-state index in [4.69, 9.17) is 0 Å². The second-order valence-corrected chi connectivity index (χ2v) is 6.99. The number of anilines is 1. The van der Waals surface area contributed by atoms with Crippen molar-refractivity contribution in [2.24, 2.45) is 0 Å². The SMILES string of the molecule is Cc1cc(N2CCN(C(=O)c3ccc(F)cc3)CC2)nc(-c2cccc(F)c2)n1. The van der Waals surface area contributed by atoms with Crippen LogP contribution in [0.25, 0.3) is 11.4 Å². The molecule has 5 nitrogen and oxygen atoms in total. The second kappa shape index (κ2) is 7.95. The number of rotatable bonds is 3. The Kier molecular flexibility index (Phi) is 5.20. The van der Waals surface area contributed by atoms with Gasteiger partial charge in [-0.3, -0.25) is 4.79 Å². The summed E-state index contributed by atoms with van der Waals surface area (Å²) in [5.74, 6) is 0.431. The van der Waals surface area contributed by atoms with E-state index in [0.29, 0.717) is 43.1 Å². The molecule has 0 unspecified atom stereocenters. The van der Waals surface area contributed by atoms with Gasteiger partial charge in [-0.1, -0.05) is 12.1 Å². The maximum absolute atomic E-state index is 13.6. The molecule has 1 aliphatic rings. The summed E-state index contributed by atoms with van der Waals surface area (Å²) in [7, 11) is 0. The third-order valence-corrected chi connectivity index (χ3v) is 4.91. The lowest BCUT2D eigenvalue weighted by atomic mass is 10.1. The number of hydrogen-bond donors (Lipinski definition) is 0. The molecule has 0 saturated carbocycles.